The number of hydrogen-bond donors (Lipinski definition) is 0. The lowest BCUT2D eigenvalue weighted by Crippen LogP contribution is -2.30. The second-order valence-corrected chi connectivity index (χ2v) is 20.5. The fourth-order valence-electron chi connectivity index (χ4n) is 8.29. The molecule has 1 unspecified atom stereocenters. The minimum Gasteiger partial charge on any atom is -0.462 e. The number of rotatable bonds is 56. The number of esters is 3. The Morgan fingerprint density at radius 2 is 0.519 bits per heavy atom. The Morgan fingerprint density at radius 1 is 0.266 bits per heavy atom. The van der Waals surface area contributed by atoms with Gasteiger partial charge in [0.2, 0.25) is 0 Å². The molecule has 0 bridgehead atoms. The van der Waals surface area contributed by atoms with Crippen LogP contribution in [0.1, 0.15) is 265 Å². The smallest absolute Gasteiger partial charge is 0.306 e. The monoisotopic (exact) mass is 1090 g/mol. The highest BCUT2D eigenvalue weighted by Crippen LogP contribution is 2.14. The van der Waals surface area contributed by atoms with Gasteiger partial charge in [0.25, 0.3) is 0 Å². The van der Waals surface area contributed by atoms with Crippen molar-refractivity contribution in [1.82, 2.24) is 0 Å². The molecule has 6 nitrogen and oxygen atoms in total. The van der Waals surface area contributed by atoms with E-state index in [4.69, 9.17) is 14.2 Å². The van der Waals surface area contributed by atoms with E-state index in [1.165, 1.54) is 89.9 Å². The van der Waals surface area contributed by atoms with Crippen molar-refractivity contribution in [3.63, 3.8) is 0 Å². The molecule has 0 N–H and O–H groups in total. The first-order valence-electron chi connectivity index (χ1n) is 32.0. The molecule has 0 saturated heterocycles. The van der Waals surface area contributed by atoms with Crippen molar-refractivity contribution >= 4 is 17.9 Å². The molecule has 1 atom stereocenters. The molecule has 0 aromatic rings. The van der Waals surface area contributed by atoms with Gasteiger partial charge in [-0.3, -0.25) is 14.4 Å². The number of ether oxygens (including phenoxy) is 3. The van der Waals surface area contributed by atoms with E-state index < -0.39 is 12.1 Å². The molecule has 6 heteroatoms. The molecule has 79 heavy (non-hydrogen) atoms. The van der Waals surface area contributed by atoms with Crippen LogP contribution in [0.3, 0.4) is 0 Å². The molecular formula is C73H116O6. The minimum absolute atomic E-state index is 0.120. The van der Waals surface area contributed by atoms with Gasteiger partial charge in [-0.05, 0) is 135 Å². The second-order valence-electron chi connectivity index (χ2n) is 20.5. The summed E-state index contributed by atoms with van der Waals surface area (Å²) in [5.41, 5.74) is 0. The molecule has 0 radical (unpaired) electrons. The van der Waals surface area contributed by atoms with Gasteiger partial charge in [-0.15, -0.1) is 0 Å². The summed E-state index contributed by atoms with van der Waals surface area (Å²) >= 11 is 0. The third-order valence-corrected chi connectivity index (χ3v) is 13.0. The lowest BCUT2D eigenvalue weighted by atomic mass is 10.1. The summed E-state index contributed by atoms with van der Waals surface area (Å²) in [6.07, 6.45) is 95.4. The maximum absolute atomic E-state index is 12.9. The van der Waals surface area contributed by atoms with Crippen molar-refractivity contribution in [1.29, 1.82) is 0 Å². The van der Waals surface area contributed by atoms with Crippen LogP contribution >= 0.6 is 0 Å². The maximum atomic E-state index is 12.9. The van der Waals surface area contributed by atoms with Crippen LogP contribution in [0.25, 0.3) is 0 Å². The molecule has 0 aromatic heterocycles. The zero-order valence-electron chi connectivity index (χ0n) is 50.8. The highest BCUT2D eigenvalue weighted by molar-refractivity contribution is 5.71. The zero-order valence-corrected chi connectivity index (χ0v) is 50.8. The van der Waals surface area contributed by atoms with Crippen LogP contribution in [-0.4, -0.2) is 37.2 Å². The van der Waals surface area contributed by atoms with E-state index >= 15 is 0 Å². The zero-order chi connectivity index (χ0) is 57.1. The molecule has 0 fully saturated rings. The summed E-state index contributed by atoms with van der Waals surface area (Å²) in [5.74, 6) is -1.02. The van der Waals surface area contributed by atoms with Crippen LogP contribution in [0.15, 0.2) is 158 Å². The Bertz CT molecular complexity index is 1780. The Labute approximate surface area is 486 Å². The molecule has 444 valence electrons. The summed E-state index contributed by atoms with van der Waals surface area (Å²) < 4.78 is 16.8. The van der Waals surface area contributed by atoms with Crippen molar-refractivity contribution in [2.75, 3.05) is 13.2 Å². The van der Waals surface area contributed by atoms with Gasteiger partial charge in [0.1, 0.15) is 13.2 Å². The van der Waals surface area contributed by atoms with Gasteiger partial charge in [-0.1, -0.05) is 269 Å². The summed E-state index contributed by atoms with van der Waals surface area (Å²) in [5, 5.41) is 0. The first-order chi connectivity index (χ1) is 39.0. The molecule has 0 rings (SSSR count). The van der Waals surface area contributed by atoms with Gasteiger partial charge in [0.05, 0.1) is 0 Å². The Hall–Kier alpha value is -4.97. The number of allylic oxidation sites excluding steroid dienone is 26. The van der Waals surface area contributed by atoms with Crippen molar-refractivity contribution < 1.29 is 28.6 Å². The first kappa shape index (κ1) is 74.0. The third kappa shape index (κ3) is 63.7. The van der Waals surface area contributed by atoms with Crippen LogP contribution in [0.4, 0.5) is 0 Å². The highest BCUT2D eigenvalue weighted by Gasteiger charge is 2.19. The van der Waals surface area contributed by atoms with Crippen LogP contribution in [0, 0.1) is 0 Å². The standard InChI is InChI=1S/C73H116O6/c1-4-7-10-13-16-19-22-25-28-31-33-34-35-36-37-38-40-42-45-48-51-54-57-60-63-66-72(75)78-69-70(68-77-71(74)65-62-59-56-53-50-47-44-41-30-27-24-21-18-15-12-9-6-3)79-73(76)67-64-61-58-55-52-49-46-43-39-32-29-26-23-20-17-14-11-8-5-2/h7-8,10-11,16-21,25-30,33-34,36-37,39,43,49,52,58,61,70H,4-6,9,12-15,22-24,31-32,35,38,40-42,44-48,50-51,53-57,59-60,62-69H2,1-3H3/b10-7-,11-8-,19-16-,20-17-,21-18-,28-25-,29-26-,30-27-,34-33-,37-36-,43-39-,52-49-,61-58-. The normalized spacial score (nSPS) is 13.2. The molecule has 0 aliphatic rings. The summed E-state index contributed by atoms with van der Waals surface area (Å²) in [6, 6.07) is 0. The van der Waals surface area contributed by atoms with Crippen molar-refractivity contribution in [2.45, 2.75) is 271 Å². The van der Waals surface area contributed by atoms with Gasteiger partial charge >= 0.3 is 17.9 Å². The van der Waals surface area contributed by atoms with E-state index in [0.29, 0.717) is 19.3 Å². The Kier molecular flexibility index (Phi) is 61.4. The fourth-order valence-corrected chi connectivity index (χ4v) is 8.29. The third-order valence-electron chi connectivity index (χ3n) is 13.0. The van der Waals surface area contributed by atoms with Crippen LogP contribution in [0.2, 0.25) is 0 Å². The molecule has 0 spiro atoms. The molecular weight excluding hydrogens is 973 g/mol. The van der Waals surface area contributed by atoms with E-state index in [0.717, 1.165) is 128 Å². The van der Waals surface area contributed by atoms with Gasteiger partial charge in [0.15, 0.2) is 6.10 Å². The average Bonchev–Trinajstić information content (AvgIpc) is 3.45. The van der Waals surface area contributed by atoms with E-state index in [-0.39, 0.29) is 31.6 Å². The van der Waals surface area contributed by atoms with Gasteiger partial charge in [-0.25, -0.2) is 0 Å². The van der Waals surface area contributed by atoms with E-state index in [1.807, 2.05) is 6.08 Å². The number of carbonyl (C=O) groups is 3. The molecule has 0 aliphatic heterocycles. The molecule has 0 amide bonds. The largest absolute Gasteiger partial charge is 0.462 e. The summed E-state index contributed by atoms with van der Waals surface area (Å²) in [6.45, 7) is 6.32. The Morgan fingerprint density at radius 3 is 0.823 bits per heavy atom. The van der Waals surface area contributed by atoms with Gasteiger partial charge in [0, 0.05) is 19.3 Å². The maximum Gasteiger partial charge on any atom is 0.306 e. The number of unbranched alkanes of at least 4 members (excludes halogenated alkanes) is 19. The van der Waals surface area contributed by atoms with Crippen molar-refractivity contribution in [3.8, 4) is 0 Å². The molecule has 0 heterocycles. The SMILES string of the molecule is CC/C=C\C/C=C\C/C=C\C/C=C\C/C=C\C/C=C\CCC(=O)OC(COC(=O)CCCCCCCCC/C=C\C/C=C\CCCCC)COC(=O)CCCCCCCCCCC/C=C\C/C=C\C/C=C\C/C=C\C/C=C\CC. The molecule has 0 aliphatic carbocycles. The Balaban J connectivity index is 4.51. The highest BCUT2D eigenvalue weighted by atomic mass is 16.6. The van der Waals surface area contributed by atoms with Crippen molar-refractivity contribution in [3.05, 3.63) is 158 Å². The number of carbonyl (C=O) groups excluding carboxylic acids is 3. The van der Waals surface area contributed by atoms with Gasteiger partial charge in [-0.2, -0.15) is 0 Å². The quantitative estimate of drug-likeness (QED) is 0.0261. The van der Waals surface area contributed by atoms with E-state index in [9.17, 15) is 14.4 Å². The van der Waals surface area contributed by atoms with Gasteiger partial charge < -0.3 is 14.2 Å². The van der Waals surface area contributed by atoms with Crippen molar-refractivity contribution in [2.24, 2.45) is 0 Å². The lowest BCUT2D eigenvalue weighted by Gasteiger charge is -2.18. The molecule has 0 aromatic carbocycles. The second kappa shape index (κ2) is 65.5. The predicted molar refractivity (Wildman–Crippen MR) is 343 cm³/mol. The fraction of sp³-hybridized carbons (Fsp3) is 0.603. The molecule has 0 saturated carbocycles. The topological polar surface area (TPSA) is 78.9 Å². The minimum atomic E-state index is -0.834. The van der Waals surface area contributed by atoms with E-state index in [1.54, 1.807) is 0 Å². The predicted octanol–water partition coefficient (Wildman–Crippen LogP) is 22.1. The van der Waals surface area contributed by atoms with Crippen LogP contribution in [-0.2, 0) is 28.6 Å². The number of hydrogen-bond acceptors (Lipinski definition) is 6. The lowest BCUT2D eigenvalue weighted by molar-refractivity contribution is -0.166. The summed E-state index contributed by atoms with van der Waals surface area (Å²) in [7, 11) is 0. The van der Waals surface area contributed by atoms with Crippen LogP contribution in [0.5, 0.6) is 0 Å². The average molecular weight is 1090 g/mol. The van der Waals surface area contributed by atoms with E-state index in [2.05, 4.69) is 173 Å². The van der Waals surface area contributed by atoms with Crippen LogP contribution < -0.4 is 0 Å². The summed E-state index contributed by atoms with van der Waals surface area (Å²) in [4.78, 5) is 38.3. The first-order valence-corrected chi connectivity index (χ1v) is 32.0.